The summed E-state index contributed by atoms with van der Waals surface area (Å²) in [4.78, 5) is 27.7. The average Bonchev–Trinajstić information content (AvgIpc) is 3.14. The van der Waals surface area contributed by atoms with Crippen molar-refractivity contribution in [3.63, 3.8) is 0 Å². The van der Waals surface area contributed by atoms with Gasteiger partial charge in [0.1, 0.15) is 11.1 Å². The number of piperazine rings is 1. The van der Waals surface area contributed by atoms with Crippen molar-refractivity contribution >= 4 is 11.8 Å². The van der Waals surface area contributed by atoms with Crippen LogP contribution in [-0.4, -0.2) is 47.0 Å². The average molecular weight is 294 g/mol. The Labute approximate surface area is 126 Å². The van der Waals surface area contributed by atoms with Crippen LogP contribution in [0, 0.1) is 0 Å². The van der Waals surface area contributed by atoms with Crippen LogP contribution in [0.3, 0.4) is 0 Å². The Balaban J connectivity index is 1.91. The van der Waals surface area contributed by atoms with Gasteiger partial charge in [0.05, 0.1) is 6.10 Å². The highest BCUT2D eigenvalue weighted by atomic mass is 16.5. The molecule has 2 unspecified atom stereocenters. The molecule has 1 saturated carbocycles. The maximum atomic E-state index is 13.0. The lowest BCUT2D eigenvalue weighted by Crippen LogP contribution is -2.74. The second kappa shape index (κ2) is 5.27. The van der Waals surface area contributed by atoms with Crippen LogP contribution >= 0.6 is 0 Å². The minimum Gasteiger partial charge on any atom is -0.376 e. The molecule has 5 heteroatoms. The number of amides is 2. The first-order valence-electron chi connectivity index (χ1n) is 8.28. The second-order valence-corrected chi connectivity index (χ2v) is 6.93. The van der Waals surface area contributed by atoms with Gasteiger partial charge in [-0.2, -0.15) is 0 Å². The summed E-state index contributed by atoms with van der Waals surface area (Å²) < 4.78 is 5.72. The van der Waals surface area contributed by atoms with E-state index in [0.717, 1.165) is 45.1 Å². The molecule has 3 aliphatic rings. The zero-order chi connectivity index (χ0) is 15.1. The molecule has 3 rings (SSSR count). The van der Waals surface area contributed by atoms with Crippen LogP contribution in [0.2, 0.25) is 0 Å². The number of hydrogen-bond acceptors (Lipinski definition) is 3. The van der Waals surface area contributed by atoms with E-state index in [9.17, 15) is 9.59 Å². The molecule has 118 valence electrons. The molecule has 2 atom stereocenters. The molecule has 21 heavy (non-hydrogen) atoms. The van der Waals surface area contributed by atoms with Gasteiger partial charge in [0.15, 0.2) is 0 Å². The molecule has 1 N–H and O–H groups in total. The van der Waals surface area contributed by atoms with E-state index in [1.807, 2.05) is 18.7 Å². The second-order valence-electron chi connectivity index (χ2n) is 6.93. The third kappa shape index (κ3) is 2.26. The molecule has 1 spiro atoms. The van der Waals surface area contributed by atoms with Gasteiger partial charge in [0.2, 0.25) is 11.8 Å². The third-order valence-corrected chi connectivity index (χ3v) is 5.59. The van der Waals surface area contributed by atoms with Crippen LogP contribution in [-0.2, 0) is 14.3 Å². The zero-order valence-corrected chi connectivity index (χ0v) is 13.1. The standard InChI is InChI=1S/C16H26N2O3/c1-3-15(2)14(20)18(11-12-7-6-10-21-12)16(13(19)17-15)8-4-5-9-16/h12H,3-11H2,1-2H3,(H,17,19). The van der Waals surface area contributed by atoms with Crippen molar-refractivity contribution in [1.29, 1.82) is 0 Å². The normalized spacial score (nSPS) is 35.5. The number of rotatable bonds is 3. The minimum absolute atomic E-state index is 0.0435. The maximum Gasteiger partial charge on any atom is 0.249 e. The number of nitrogens with one attached hydrogen (secondary N) is 1. The van der Waals surface area contributed by atoms with E-state index in [1.54, 1.807) is 0 Å². The fourth-order valence-corrected chi connectivity index (χ4v) is 3.98. The summed E-state index contributed by atoms with van der Waals surface area (Å²) in [6.07, 6.45) is 6.38. The van der Waals surface area contributed by atoms with E-state index < -0.39 is 11.1 Å². The topological polar surface area (TPSA) is 58.6 Å². The Morgan fingerprint density at radius 1 is 1.29 bits per heavy atom. The molecule has 0 aromatic heterocycles. The van der Waals surface area contributed by atoms with Crippen LogP contribution in [0.1, 0.15) is 58.8 Å². The summed E-state index contributed by atoms with van der Waals surface area (Å²) in [7, 11) is 0. The van der Waals surface area contributed by atoms with Gasteiger partial charge in [-0.25, -0.2) is 0 Å². The van der Waals surface area contributed by atoms with Gasteiger partial charge in [0.25, 0.3) is 0 Å². The molecule has 0 aromatic rings. The predicted molar refractivity (Wildman–Crippen MR) is 78.7 cm³/mol. The first-order chi connectivity index (χ1) is 10.0. The SMILES string of the molecule is CCC1(C)NC(=O)C2(CCCC2)N(CC2CCCO2)C1=O. The van der Waals surface area contributed by atoms with Crippen LogP contribution in [0.15, 0.2) is 0 Å². The number of hydrogen-bond donors (Lipinski definition) is 1. The van der Waals surface area contributed by atoms with Gasteiger partial charge >= 0.3 is 0 Å². The first kappa shape index (κ1) is 14.8. The van der Waals surface area contributed by atoms with Gasteiger partial charge in [-0.05, 0) is 39.0 Å². The highest BCUT2D eigenvalue weighted by molar-refractivity contribution is 6.02. The Morgan fingerprint density at radius 3 is 2.57 bits per heavy atom. The van der Waals surface area contributed by atoms with Crippen LogP contribution in [0.4, 0.5) is 0 Å². The number of ether oxygens (including phenoxy) is 1. The quantitative estimate of drug-likeness (QED) is 0.860. The fourth-order valence-electron chi connectivity index (χ4n) is 3.98. The smallest absolute Gasteiger partial charge is 0.249 e. The summed E-state index contributed by atoms with van der Waals surface area (Å²) in [5.74, 6) is 0.115. The maximum absolute atomic E-state index is 13.0. The van der Waals surface area contributed by atoms with Crippen molar-refractivity contribution in [3.8, 4) is 0 Å². The van der Waals surface area contributed by atoms with Crippen molar-refractivity contribution in [3.05, 3.63) is 0 Å². The molecule has 2 saturated heterocycles. The monoisotopic (exact) mass is 294 g/mol. The molecule has 0 aromatic carbocycles. The van der Waals surface area contributed by atoms with Crippen molar-refractivity contribution in [2.75, 3.05) is 13.2 Å². The first-order valence-corrected chi connectivity index (χ1v) is 8.28. The number of carbonyl (C=O) groups excluding carboxylic acids is 2. The van der Waals surface area contributed by atoms with Gasteiger partial charge < -0.3 is 15.0 Å². The summed E-state index contributed by atoms with van der Waals surface area (Å²) >= 11 is 0. The summed E-state index contributed by atoms with van der Waals surface area (Å²) in [6, 6.07) is 0. The minimum atomic E-state index is -0.760. The molecule has 0 bridgehead atoms. The molecule has 3 fully saturated rings. The molecule has 2 amide bonds. The Bertz CT molecular complexity index is 439. The molecule has 1 aliphatic carbocycles. The van der Waals surface area contributed by atoms with Crippen LogP contribution in [0.25, 0.3) is 0 Å². The van der Waals surface area contributed by atoms with Gasteiger partial charge in [-0.1, -0.05) is 19.8 Å². The van der Waals surface area contributed by atoms with E-state index in [2.05, 4.69) is 5.32 Å². The summed E-state index contributed by atoms with van der Waals surface area (Å²) in [6.45, 7) is 5.14. The highest BCUT2D eigenvalue weighted by Gasteiger charge is 2.57. The van der Waals surface area contributed by atoms with Crippen LogP contribution in [0.5, 0.6) is 0 Å². The van der Waals surface area contributed by atoms with Crippen molar-refractivity contribution < 1.29 is 14.3 Å². The van der Waals surface area contributed by atoms with E-state index in [-0.39, 0.29) is 17.9 Å². The molecular formula is C16H26N2O3. The lowest BCUT2D eigenvalue weighted by Gasteiger charge is -2.50. The lowest BCUT2D eigenvalue weighted by atomic mass is 9.83. The largest absolute Gasteiger partial charge is 0.376 e. The van der Waals surface area contributed by atoms with E-state index in [4.69, 9.17) is 4.74 Å². The zero-order valence-electron chi connectivity index (χ0n) is 13.1. The summed E-state index contributed by atoms with van der Waals surface area (Å²) in [5, 5.41) is 3.01. The molecule has 5 nitrogen and oxygen atoms in total. The van der Waals surface area contributed by atoms with E-state index >= 15 is 0 Å². The number of carbonyl (C=O) groups is 2. The Morgan fingerprint density at radius 2 is 2.00 bits per heavy atom. The lowest BCUT2D eigenvalue weighted by molar-refractivity contribution is -0.164. The molecule has 2 heterocycles. The van der Waals surface area contributed by atoms with Gasteiger partial charge in [0, 0.05) is 13.2 Å². The van der Waals surface area contributed by atoms with Crippen molar-refractivity contribution in [1.82, 2.24) is 10.2 Å². The molecular weight excluding hydrogens is 268 g/mol. The fraction of sp³-hybridized carbons (Fsp3) is 0.875. The molecule has 2 aliphatic heterocycles. The van der Waals surface area contributed by atoms with E-state index in [1.165, 1.54) is 0 Å². The van der Waals surface area contributed by atoms with Crippen LogP contribution < -0.4 is 5.32 Å². The van der Waals surface area contributed by atoms with Crippen molar-refractivity contribution in [2.45, 2.75) is 76.0 Å². The summed E-state index contributed by atoms with van der Waals surface area (Å²) in [5.41, 5.74) is -1.37. The molecule has 0 radical (unpaired) electrons. The highest BCUT2D eigenvalue weighted by Crippen LogP contribution is 2.41. The van der Waals surface area contributed by atoms with Gasteiger partial charge in [-0.3, -0.25) is 9.59 Å². The predicted octanol–water partition coefficient (Wildman–Crippen LogP) is 1.61. The Kier molecular flexibility index (Phi) is 3.72. The third-order valence-electron chi connectivity index (χ3n) is 5.59. The van der Waals surface area contributed by atoms with E-state index in [0.29, 0.717) is 13.0 Å². The Hall–Kier alpha value is -1.10. The van der Waals surface area contributed by atoms with Crippen molar-refractivity contribution in [2.24, 2.45) is 0 Å². The number of nitrogens with zero attached hydrogens (tertiary/aromatic N) is 1. The van der Waals surface area contributed by atoms with Gasteiger partial charge in [-0.15, -0.1) is 0 Å².